The molecule has 0 bridgehead atoms. The van der Waals surface area contributed by atoms with Gasteiger partial charge in [0.05, 0.1) is 5.75 Å². The van der Waals surface area contributed by atoms with Crippen LogP contribution in [0.4, 0.5) is 10.2 Å². The Morgan fingerprint density at radius 1 is 1.06 bits per heavy atom. The van der Waals surface area contributed by atoms with Crippen LogP contribution in [0.3, 0.4) is 0 Å². The molecule has 2 aromatic rings. The molecule has 3 rings (SSSR count). The molecule has 2 heterocycles. The summed E-state index contributed by atoms with van der Waals surface area (Å²) < 4.78 is 40.5. The van der Waals surface area contributed by atoms with Crippen LogP contribution >= 0.6 is 0 Å². The molecule has 6 nitrogen and oxygen atoms in total. The second-order valence-electron chi connectivity index (χ2n) is 8.05. The Kier molecular flexibility index (Phi) is 7.64. The van der Waals surface area contributed by atoms with Gasteiger partial charge in [-0.15, -0.1) is 0 Å². The van der Waals surface area contributed by atoms with Crippen molar-refractivity contribution in [1.29, 1.82) is 0 Å². The van der Waals surface area contributed by atoms with Crippen molar-refractivity contribution < 1.29 is 12.8 Å². The summed E-state index contributed by atoms with van der Waals surface area (Å²) in [5.41, 5.74) is 2.49. The van der Waals surface area contributed by atoms with Gasteiger partial charge in [-0.05, 0) is 31.4 Å². The summed E-state index contributed by atoms with van der Waals surface area (Å²) in [5, 5.41) is 0. The Bertz CT molecular complexity index is 1000. The molecular weight excluding hydrogens is 415 g/mol. The fraction of sp³-hybridized carbons (Fsp3) is 0.565. The van der Waals surface area contributed by atoms with Crippen LogP contribution in [0.25, 0.3) is 0 Å². The number of hydrogen-bond acceptors (Lipinski definition) is 5. The average molecular weight is 449 g/mol. The van der Waals surface area contributed by atoms with Crippen LogP contribution in [0.1, 0.15) is 62.7 Å². The second kappa shape index (κ2) is 10.0. The van der Waals surface area contributed by atoms with Crippen molar-refractivity contribution in [3.05, 3.63) is 52.7 Å². The van der Waals surface area contributed by atoms with Crippen LogP contribution in [-0.2, 0) is 22.9 Å². The highest BCUT2D eigenvalue weighted by atomic mass is 32.2. The summed E-state index contributed by atoms with van der Waals surface area (Å²) in [6, 6.07) is 6.80. The zero-order chi connectivity index (χ0) is 22.6. The smallest absolute Gasteiger partial charge is 0.213 e. The minimum atomic E-state index is -3.21. The molecule has 0 unspecified atom stereocenters. The highest BCUT2D eigenvalue weighted by molar-refractivity contribution is 7.89. The van der Waals surface area contributed by atoms with Crippen molar-refractivity contribution in [1.82, 2.24) is 14.3 Å². The third-order valence-corrected chi connectivity index (χ3v) is 7.98. The predicted molar refractivity (Wildman–Crippen MR) is 123 cm³/mol. The second-order valence-corrected chi connectivity index (χ2v) is 10.3. The highest BCUT2D eigenvalue weighted by Gasteiger charge is 2.29. The topological polar surface area (TPSA) is 66.4 Å². The van der Waals surface area contributed by atoms with Crippen molar-refractivity contribution >= 4 is 15.8 Å². The fourth-order valence-corrected chi connectivity index (χ4v) is 4.95. The Hall–Kier alpha value is -2.06. The van der Waals surface area contributed by atoms with Gasteiger partial charge in [-0.2, -0.15) is 4.31 Å². The largest absolute Gasteiger partial charge is 0.354 e. The molecule has 1 saturated heterocycles. The molecule has 0 N–H and O–H groups in total. The van der Waals surface area contributed by atoms with E-state index in [9.17, 15) is 12.8 Å². The van der Waals surface area contributed by atoms with E-state index in [-0.39, 0.29) is 17.5 Å². The molecule has 0 saturated carbocycles. The van der Waals surface area contributed by atoms with E-state index in [0.29, 0.717) is 38.2 Å². The maximum Gasteiger partial charge on any atom is 0.213 e. The highest BCUT2D eigenvalue weighted by Crippen LogP contribution is 2.29. The van der Waals surface area contributed by atoms with Crippen molar-refractivity contribution in [2.24, 2.45) is 0 Å². The summed E-state index contributed by atoms with van der Waals surface area (Å²) >= 11 is 0. The van der Waals surface area contributed by atoms with Crippen LogP contribution in [0.15, 0.2) is 24.3 Å². The maximum atomic E-state index is 14.4. The molecular formula is C23H33FN4O2S. The SMILES string of the molecule is CCc1nc([C@H](C)CC)nc(N2CCN(S(=O)(=O)CC)CC2)c1Cc1ccccc1F. The first-order valence-electron chi connectivity index (χ1n) is 11.2. The van der Waals surface area contributed by atoms with E-state index in [1.807, 2.05) is 6.07 Å². The Morgan fingerprint density at radius 3 is 2.32 bits per heavy atom. The molecule has 1 aliphatic rings. The zero-order valence-corrected chi connectivity index (χ0v) is 19.8. The average Bonchev–Trinajstić information content (AvgIpc) is 2.80. The normalized spacial score (nSPS) is 16.5. The minimum Gasteiger partial charge on any atom is -0.354 e. The summed E-state index contributed by atoms with van der Waals surface area (Å²) in [6.45, 7) is 9.93. The van der Waals surface area contributed by atoms with Gasteiger partial charge < -0.3 is 4.90 Å². The zero-order valence-electron chi connectivity index (χ0n) is 18.9. The Labute approximate surface area is 185 Å². The first-order chi connectivity index (χ1) is 14.8. The monoisotopic (exact) mass is 448 g/mol. The first-order valence-corrected chi connectivity index (χ1v) is 12.8. The van der Waals surface area contributed by atoms with E-state index in [0.717, 1.165) is 35.7 Å². The molecule has 0 aliphatic carbocycles. The van der Waals surface area contributed by atoms with Gasteiger partial charge in [-0.3, -0.25) is 0 Å². The molecule has 0 radical (unpaired) electrons. The Balaban J connectivity index is 2.01. The first kappa shape index (κ1) is 23.6. The summed E-state index contributed by atoms with van der Waals surface area (Å²) in [5.74, 6) is 1.71. The molecule has 1 aliphatic heterocycles. The van der Waals surface area contributed by atoms with Gasteiger partial charge in [0, 0.05) is 49.8 Å². The van der Waals surface area contributed by atoms with E-state index >= 15 is 0 Å². The van der Waals surface area contributed by atoms with E-state index in [4.69, 9.17) is 9.97 Å². The van der Waals surface area contributed by atoms with Crippen LogP contribution in [0.2, 0.25) is 0 Å². The molecule has 8 heteroatoms. The molecule has 1 fully saturated rings. The van der Waals surface area contributed by atoms with Crippen molar-refractivity contribution in [2.75, 3.05) is 36.8 Å². The minimum absolute atomic E-state index is 0.108. The number of hydrogen-bond donors (Lipinski definition) is 0. The van der Waals surface area contributed by atoms with Gasteiger partial charge >= 0.3 is 0 Å². The van der Waals surface area contributed by atoms with Gasteiger partial charge in [0.2, 0.25) is 10.0 Å². The summed E-state index contributed by atoms with van der Waals surface area (Å²) in [7, 11) is -3.21. The van der Waals surface area contributed by atoms with Crippen molar-refractivity contribution in [3.63, 3.8) is 0 Å². The van der Waals surface area contributed by atoms with Gasteiger partial charge in [-0.1, -0.05) is 39.0 Å². The van der Waals surface area contributed by atoms with E-state index < -0.39 is 10.0 Å². The standard InChI is InChI=1S/C23H33FN4O2S/c1-5-17(4)22-25-21(6-2)19(16-18-10-8-9-11-20(18)24)23(26-22)27-12-14-28(15-13-27)31(29,30)7-3/h8-11,17H,5-7,12-16H2,1-4H3/t17-/m1/s1. The van der Waals surface area contributed by atoms with Crippen LogP contribution in [0, 0.1) is 5.82 Å². The van der Waals surface area contributed by atoms with E-state index in [2.05, 4.69) is 25.7 Å². The summed E-state index contributed by atoms with van der Waals surface area (Å²) in [6.07, 6.45) is 2.07. The number of piperazine rings is 1. The predicted octanol–water partition coefficient (Wildman–Crippen LogP) is 3.75. The molecule has 0 spiro atoms. The molecule has 170 valence electrons. The third kappa shape index (κ3) is 5.23. The van der Waals surface area contributed by atoms with Crippen LogP contribution in [-0.4, -0.2) is 54.6 Å². The van der Waals surface area contributed by atoms with Crippen molar-refractivity contribution in [3.8, 4) is 0 Å². The number of aromatic nitrogens is 2. The number of nitrogens with zero attached hydrogens (tertiary/aromatic N) is 4. The van der Waals surface area contributed by atoms with Crippen LogP contribution in [0.5, 0.6) is 0 Å². The number of aryl methyl sites for hydroxylation is 1. The number of sulfonamides is 1. The van der Waals surface area contributed by atoms with Gasteiger partial charge in [0.1, 0.15) is 17.5 Å². The number of benzene rings is 1. The molecule has 31 heavy (non-hydrogen) atoms. The van der Waals surface area contributed by atoms with Gasteiger partial charge in [-0.25, -0.2) is 22.8 Å². The Morgan fingerprint density at radius 2 is 1.74 bits per heavy atom. The van der Waals surface area contributed by atoms with E-state index in [1.165, 1.54) is 6.07 Å². The number of halogens is 1. The summed E-state index contributed by atoms with van der Waals surface area (Å²) in [4.78, 5) is 11.9. The lowest BCUT2D eigenvalue weighted by atomic mass is 10.00. The fourth-order valence-electron chi connectivity index (χ4n) is 3.87. The van der Waals surface area contributed by atoms with Crippen molar-refractivity contribution in [2.45, 2.75) is 52.9 Å². The van der Waals surface area contributed by atoms with Crippen LogP contribution < -0.4 is 4.90 Å². The molecule has 0 amide bonds. The van der Waals surface area contributed by atoms with Gasteiger partial charge in [0.15, 0.2) is 0 Å². The molecule has 1 aromatic heterocycles. The molecule has 1 aromatic carbocycles. The lowest BCUT2D eigenvalue weighted by Gasteiger charge is -2.36. The number of anilines is 1. The lowest BCUT2D eigenvalue weighted by Crippen LogP contribution is -2.49. The van der Waals surface area contributed by atoms with Gasteiger partial charge in [0.25, 0.3) is 0 Å². The maximum absolute atomic E-state index is 14.4. The molecule has 1 atom stereocenters. The third-order valence-electron chi connectivity index (χ3n) is 6.10. The quantitative estimate of drug-likeness (QED) is 0.615. The lowest BCUT2D eigenvalue weighted by molar-refractivity contribution is 0.384. The number of rotatable bonds is 8. The van der Waals surface area contributed by atoms with E-state index in [1.54, 1.807) is 23.4 Å².